The van der Waals surface area contributed by atoms with E-state index in [9.17, 15) is 0 Å². The fourth-order valence-electron chi connectivity index (χ4n) is 3.03. The molecule has 2 heterocycles. The van der Waals surface area contributed by atoms with Crippen molar-refractivity contribution in [3.8, 4) is 11.3 Å². The zero-order chi connectivity index (χ0) is 14.2. The minimum absolute atomic E-state index is 0.540. The van der Waals surface area contributed by atoms with Crippen LogP contribution in [0.25, 0.3) is 11.3 Å². The van der Waals surface area contributed by atoms with Gasteiger partial charge in [0.1, 0.15) is 5.82 Å². The van der Waals surface area contributed by atoms with Crippen LogP contribution in [0.2, 0.25) is 0 Å². The van der Waals surface area contributed by atoms with Gasteiger partial charge >= 0.3 is 0 Å². The van der Waals surface area contributed by atoms with Crippen molar-refractivity contribution in [3.63, 3.8) is 0 Å². The number of nitrogen functional groups attached to an aromatic ring is 1. The summed E-state index contributed by atoms with van der Waals surface area (Å²) in [7, 11) is 0. The number of hydrogen-bond donors (Lipinski definition) is 1. The minimum atomic E-state index is 0.540. The molecule has 21 heavy (non-hydrogen) atoms. The summed E-state index contributed by atoms with van der Waals surface area (Å²) in [5.74, 6) is 1.12. The molecule has 4 rings (SSSR count). The van der Waals surface area contributed by atoms with Gasteiger partial charge in [-0.1, -0.05) is 24.3 Å². The van der Waals surface area contributed by atoms with Crippen LogP contribution < -0.4 is 5.73 Å². The third kappa shape index (κ3) is 2.09. The Balaban J connectivity index is 1.61. The summed E-state index contributed by atoms with van der Waals surface area (Å²) < 4.78 is 2.20. The number of hydrogen-bond acceptors (Lipinski definition) is 3. The van der Waals surface area contributed by atoms with Gasteiger partial charge in [0.25, 0.3) is 0 Å². The summed E-state index contributed by atoms with van der Waals surface area (Å²) in [5, 5.41) is 0. The van der Waals surface area contributed by atoms with Gasteiger partial charge in [-0.15, -0.1) is 0 Å². The van der Waals surface area contributed by atoms with Crippen LogP contribution in [0.1, 0.15) is 17.0 Å². The number of nitrogens with zero attached hydrogens (tertiary/aromatic N) is 3. The van der Waals surface area contributed by atoms with Crippen molar-refractivity contribution in [2.75, 3.05) is 5.73 Å². The van der Waals surface area contributed by atoms with Gasteiger partial charge in [0, 0.05) is 24.2 Å². The lowest BCUT2D eigenvalue weighted by Crippen LogP contribution is -2.21. The minimum Gasteiger partial charge on any atom is -0.384 e. The van der Waals surface area contributed by atoms with E-state index >= 15 is 0 Å². The molecule has 0 fully saturated rings. The summed E-state index contributed by atoms with van der Waals surface area (Å²) in [6, 6.07) is 12.5. The SMILES string of the molecule is Nc1ccc(-c2cncn2CC2Cc3ccccc32)cn1. The first-order valence-corrected chi connectivity index (χ1v) is 7.11. The number of anilines is 1. The summed E-state index contributed by atoms with van der Waals surface area (Å²) in [6.45, 7) is 0.955. The first-order valence-electron chi connectivity index (χ1n) is 7.11. The van der Waals surface area contributed by atoms with Crippen molar-refractivity contribution < 1.29 is 0 Å². The van der Waals surface area contributed by atoms with Crippen molar-refractivity contribution in [1.29, 1.82) is 0 Å². The van der Waals surface area contributed by atoms with Crippen molar-refractivity contribution in [3.05, 3.63) is 66.2 Å². The first-order chi connectivity index (χ1) is 10.3. The standard InChI is InChI=1S/C17H16N4/c18-17-6-5-13(8-20-17)16-9-19-11-21(16)10-14-7-12-3-1-2-4-15(12)14/h1-6,8-9,11,14H,7,10H2,(H2,18,20). The summed E-state index contributed by atoms with van der Waals surface area (Å²) in [6.07, 6.45) is 6.73. The fourth-order valence-corrected chi connectivity index (χ4v) is 3.03. The third-order valence-electron chi connectivity index (χ3n) is 4.17. The van der Waals surface area contributed by atoms with Gasteiger partial charge in [-0.3, -0.25) is 0 Å². The number of pyridine rings is 1. The molecule has 0 aliphatic heterocycles. The highest BCUT2D eigenvalue weighted by atomic mass is 15.0. The molecule has 1 aromatic carbocycles. The number of fused-ring (bicyclic) bond motifs is 1. The Bertz CT molecular complexity index is 773. The van der Waals surface area contributed by atoms with Crippen LogP contribution in [-0.4, -0.2) is 14.5 Å². The molecule has 2 N–H and O–H groups in total. The van der Waals surface area contributed by atoms with Gasteiger partial charge in [-0.25, -0.2) is 9.97 Å². The molecule has 1 unspecified atom stereocenters. The number of rotatable bonds is 3. The Morgan fingerprint density at radius 2 is 2.05 bits per heavy atom. The maximum atomic E-state index is 5.65. The highest BCUT2D eigenvalue weighted by Crippen LogP contribution is 2.36. The van der Waals surface area contributed by atoms with Crippen molar-refractivity contribution in [2.45, 2.75) is 18.9 Å². The Kier molecular flexibility index (Phi) is 2.74. The van der Waals surface area contributed by atoms with Crippen LogP contribution >= 0.6 is 0 Å². The zero-order valence-corrected chi connectivity index (χ0v) is 11.6. The van der Waals surface area contributed by atoms with Crippen LogP contribution in [0, 0.1) is 0 Å². The lowest BCUT2D eigenvalue weighted by molar-refractivity contribution is 0.511. The van der Waals surface area contributed by atoms with E-state index in [1.54, 1.807) is 6.20 Å². The Morgan fingerprint density at radius 1 is 1.14 bits per heavy atom. The van der Waals surface area contributed by atoms with Crippen LogP contribution in [0.3, 0.4) is 0 Å². The largest absolute Gasteiger partial charge is 0.384 e. The van der Waals surface area contributed by atoms with Gasteiger partial charge in [0.15, 0.2) is 0 Å². The molecule has 0 spiro atoms. The monoisotopic (exact) mass is 276 g/mol. The smallest absolute Gasteiger partial charge is 0.123 e. The lowest BCUT2D eigenvalue weighted by atomic mass is 9.77. The lowest BCUT2D eigenvalue weighted by Gasteiger charge is -2.30. The Morgan fingerprint density at radius 3 is 2.86 bits per heavy atom. The molecule has 2 aromatic heterocycles. The van der Waals surface area contributed by atoms with E-state index in [-0.39, 0.29) is 0 Å². The van der Waals surface area contributed by atoms with Crippen LogP contribution in [0.5, 0.6) is 0 Å². The van der Waals surface area contributed by atoms with Gasteiger partial charge < -0.3 is 10.3 Å². The molecular formula is C17H16N4. The topological polar surface area (TPSA) is 56.7 Å². The predicted molar refractivity (Wildman–Crippen MR) is 82.8 cm³/mol. The molecular weight excluding hydrogens is 260 g/mol. The maximum absolute atomic E-state index is 5.65. The number of nitrogens with two attached hydrogens (primary N) is 1. The Labute approximate surface area is 123 Å². The molecule has 0 saturated heterocycles. The van der Waals surface area contributed by atoms with E-state index in [1.165, 1.54) is 11.1 Å². The van der Waals surface area contributed by atoms with E-state index in [1.807, 2.05) is 24.7 Å². The van der Waals surface area contributed by atoms with E-state index in [0.717, 1.165) is 24.2 Å². The molecule has 1 aliphatic rings. The molecule has 0 amide bonds. The molecule has 3 aromatic rings. The third-order valence-corrected chi connectivity index (χ3v) is 4.17. The molecule has 104 valence electrons. The molecule has 4 heteroatoms. The molecule has 0 saturated carbocycles. The Hall–Kier alpha value is -2.62. The average Bonchev–Trinajstić information content (AvgIpc) is 2.94. The zero-order valence-electron chi connectivity index (χ0n) is 11.6. The average molecular weight is 276 g/mol. The van der Waals surface area contributed by atoms with Crippen molar-refractivity contribution in [1.82, 2.24) is 14.5 Å². The van der Waals surface area contributed by atoms with E-state index in [0.29, 0.717) is 11.7 Å². The number of benzene rings is 1. The predicted octanol–water partition coefficient (Wildman–Crippen LogP) is 2.87. The quantitative estimate of drug-likeness (QED) is 0.800. The van der Waals surface area contributed by atoms with Crippen LogP contribution in [-0.2, 0) is 13.0 Å². The van der Waals surface area contributed by atoms with Crippen LogP contribution in [0.4, 0.5) is 5.82 Å². The second-order valence-electron chi connectivity index (χ2n) is 5.50. The van der Waals surface area contributed by atoms with Crippen LogP contribution in [0.15, 0.2) is 55.1 Å². The molecule has 1 atom stereocenters. The van der Waals surface area contributed by atoms with Gasteiger partial charge in [0.2, 0.25) is 0 Å². The normalized spacial score (nSPS) is 16.3. The number of aromatic nitrogens is 3. The van der Waals surface area contributed by atoms with E-state index in [2.05, 4.69) is 38.8 Å². The van der Waals surface area contributed by atoms with Crippen molar-refractivity contribution in [2.24, 2.45) is 0 Å². The maximum Gasteiger partial charge on any atom is 0.123 e. The highest BCUT2D eigenvalue weighted by Gasteiger charge is 2.26. The second-order valence-corrected chi connectivity index (χ2v) is 5.50. The van der Waals surface area contributed by atoms with Gasteiger partial charge in [-0.2, -0.15) is 0 Å². The molecule has 0 radical (unpaired) electrons. The molecule has 4 nitrogen and oxygen atoms in total. The first kappa shape index (κ1) is 12.1. The van der Waals surface area contributed by atoms with Gasteiger partial charge in [-0.05, 0) is 29.7 Å². The summed E-state index contributed by atoms with van der Waals surface area (Å²) in [4.78, 5) is 8.45. The van der Waals surface area contributed by atoms with E-state index in [4.69, 9.17) is 5.73 Å². The summed E-state index contributed by atoms with van der Waals surface area (Å²) >= 11 is 0. The van der Waals surface area contributed by atoms with Gasteiger partial charge in [0.05, 0.1) is 18.2 Å². The molecule has 1 aliphatic carbocycles. The van der Waals surface area contributed by atoms with E-state index < -0.39 is 0 Å². The molecule has 0 bridgehead atoms. The summed E-state index contributed by atoms with van der Waals surface area (Å²) in [5.41, 5.74) is 10.7. The fraction of sp³-hybridized carbons (Fsp3) is 0.176. The van der Waals surface area contributed by atoms with Crippen molar-refractivity contribution >= 4 is 5.82 Å². The highest BCUT2D eigenvalue weighted by molar-refractivity contribution is 5.59. The number of imidazole rings is 1. The second kappa shape index (κ2) is 4.74.